The van der Waals surface area contributed by atoms with Gasteiger partial charge in [0.15, 0.2) is 5.82 Å². The molecule has 28 heavy (non-hydrogen) atoms. The van der Waals surface area contributed by atoms with Crippen LogP contribution in [0.15, 0.2) is 30.3 Å². The van der Waals surface area contributed by atoms with Crippen LogP contribution in [0, 0.1) is 5.92 Å². The molecule has 2 atom stereocenters. The summed E-state index contributed by atoms with van der Waals surface area (Å²) in [7, 11) is 1.50. The van der Waals surface area contributed by atoms with E-state index in [0.29, 0.717) is 31.4 Å². The predicted octanol–water partition coefficient (Wildman–Crippen LogP) is 1.63. The van der Waals surface area contributed by atoms with Crippen molar-refractivity contribution in [1.29, 1.82) is 0 Å². The minimum Gasteiger partial charge on any atom is -0.375 e. The van der Waals surface area contributed by atoms with E-state index in [-0.39, 0.29) is 24.2 Å². The highest BCUT2D eigenvalue weighted by molar-refractivity contribution is 5.90. The number of nitrogens with zero attached hydrogens (tertiary/aromatic N) is 4. The van der Waals surface area contributed by atoms with Gasteiger partial charge in [0, 0.05) is 26.7 Å². The standard InChI is InChI=1S/C20H27N5O3/c1-4-14(2)12-21-20(27)19-23-22-18-17(15-8-6-5-7-9-15)24(10-11-25(18)19)16(26)13-28-3/h5-9,14,17H,4,10-13H2,1-3H3,(H,21,27)/t14-,17+/m0/s1. The fraction of sp³-hybridized carbons (Fsp3) is 0.500. The van der Waals surface area contributed by atoms with Crippen molar-refractivity contribution >= 4 is 11.8 Å². The van der Waals surface area contributed by atoms with E-state index in [2.05, 4.69) is 29.4 Å². The molecule has 1 aromatic heterocycles. The number of methoxy groups -OCH3 is 1. The number of nitrogens with one attached hydrogen (secondary N) is 1. The maximum atomic E-state index is 12.6. The predicted molar refractivity (Wildman–Crippen MR) is 104 cm³/mol. The number of benzene rings is 1. The molecule has 8 heteroatoms. The van der Waals surface area contributed by atoms with Crippen LogP contribution in [0.3, 0.4) is 0 Å². The van der Waals surface area contributed by atoms with Crippen LogP contribution >= 0.6 is 0 Å². The molecule has 1 aromatic carbocycles. The molecule has 0 bridgehead atoms. The maximum absolute atomic E-state index is 12.6. The van der Waals surface area contributed by atoms with Gasteiger partial charge in [-0.05, 0) is 11.5 Å². The Morgan fingerprint density at radius 3 is 2.68 bits per heavy atom. The van der Waals surface area contributed by atoms with Gasteiger partial charge in [0.2, 0.25) is 11.7 Å². The molecule has 0 aliphatic carbocycles. The number of amides is 2. The zero-order chi connectivity index (χ0) is 20.1. The lowest BCUT2D eigenvalue weighted by molar-refractivity contribution is -0.138. The van der Waals surface area contributed by atoms with Gasteiger partial charge < -0.3 is 19.5 Å². The summed E-state index contributed by atoms with van der Waals surface area (Å²) >= 11 is 0. The fourth-order valence-corrected chi connectivity index (χ4v) is 3.31. The lowest BCUT2D eigenvalue weighted by atomic mass is 10.0. The van der Waals surface area contributed by atoms with E-state index >= 15 is 0 Å². The first-order chi connectivity index (χ1) is 13.6. The summed E-state index contributed by atoms with van der Waals surface area (Å²) in [4.78, 5) is 27.0. The van der Waals surface area contributed by atoms with Crippen LogP contribution in [0.2, 0.25) is 0 Å². The van der Waals surface area contributed by atoms with E-state index < -0.39 is 6.04 Å². The number of hydrogen-bond donors (Lipinski definition) is 1. The average molecular weight is 385 g/mol. The molecule has 2 amide bonds. The van der Waals surface area contributed by atoms with Crippen molar-refractivity contribution in [3.8, 4) is 0 Å². The third-order valence-corrected chi connectivity index (χ3v) is 5.11. The number of ether oxygens (including phenoxy) is 1. The molecule has 0 radical (unpaired) electrons. The molecule has 1 N–H and O–H groups in total. The molecular formula is C20H27N5O3. The van der Waals surface area contributed by atoms with Gasteiger partial charge in [0.05, 0.1) is 0 Å². The monoisotopic (exact) mass is 385 g/mol. The quantitative estimate of drug-likeness (QED) is 0.783. The molecule has 0 spiro atoms. The van der Waals surface area contributed by atoms with E-state index in [0.717, 1.165) is 12.0 Å². The Bertz CT molecular complexity index is 821. The first kappa shape index (κ1) is 20.0. The largest absolute Gasteiger partial charge is 0.375 e. The highest BCUT2D eigenvalue weighted by Gasteiger charge is 2.36. The highest BCUT2D eigenvalue weighted by atomic mass is 16.5. The van der Waals surface area contributed by atoms with E-state index in [1.165, 1.54) is 7.11 Å². The van der Waals surface area contributed by atoms with E-state index in [1.807, 2.05) is 34.9 Å². The maximum Gasteiger partial charge on any atom is 0.289 e. The molecule has 2 heterocycles. The summed E-state index contributed by atoms with van der Waals surface area (Å²) in [5.41, 5.74) is 0.923. The number of carbonyl (C=O) groups excluding carboxylic acids is 2. The number of carbonyl (C=O) groups is 2. The molecule has 8 nitrogen and oxygen atoms in total. The van der Waals surface area contributed by atoms with Crippen molar-refractivity contribution in [2.24, 2.45) is 5.92 Å². The molecule has 1 aliphatic heterocycles. The van der Waals surface area contributed by atoms with Gasteiger partial charge in [-0.1, -0.05) is 50.6 Å². The summed E-state index contributed by atoms with van der Waals surface area (Å²) in [6, 6.07) is 9.26. The Balaban J connectivity index is 1.92. The molecule has 0 saturated heterocycles. The van der Waals surface area contributed by atoms with Crippen molar-refractivity contribution in [2.75, 3.05) is 26.8 Å². The van der Waals surface area contributed by atoms with Crippen LogP contribution in [0.4, 0.5) is 0 Å². The molecule has 0 fully saturated rings. The normalized spacial score (nSPS) is 17.1. The first-order valence-corrected chi connectivity index (χ1v) is 9.61. The van der Waals surface area contributed by atoms with Crippen molar-refractivity contribution in [3.63, 3.8) is 0 Å². The van der Waals surface area contributed by atoms with Gasteiger partial charge in [0.25, 0.3) is 5.91 Å². The third-order valence-electron chi connectivity index (χ3n) is 5.11. The topological polar surface area (TPSA) is 89.4 Å². The van der Waals surface area contributed by atoms with Crippen molar-refractivity contribution in [2.45, 2.75) is 32.9 Å². The van der Waals surface area contributed by atoms with Crippen LogP contribution in [-0.2, 0) is 16.1 Å². The summed E-state index contributed by atoms with van der Waals surface area (Å²) in [5, 5.41) is 11.4. The highest BCUT2D eigenvalue weighted by Crippen LogP contribution is 2.31. The summed E-state index contributed by atoms with van der Waals surface area (Å²) in [6.45, 7) is 5.69. The van der Waals surface area contributed by atoms with Gasteiger partial charge in [0.1, 0.15) is 12.6 Å². The van der Waals surface area contributed by atoms with Crippen LogP contribution in [-0.4, -0.2) is 58.3 Å². The van der Waals surface area contributed by atoms with Gasteiger partial charge >= 0.3 is 0 Å². The van der Waals surface area contributed by atoms with Gasteiger partial charge in [-0.15, -0.1) is 10.2 Å². The average Bonchev–Trinajstić information content (AvgIpc) is 3.16. The smallest absolute Gasteiger partial charge is 0.289 e. The number of rotatable bonds is 7. The molecule has 0 unspecified atom stereocenters. The minimum absolute atomic E-state index is 0.000278. The Morgan fingerprint density at radius 2 is 2.00 bits per heavy atom. The fourth-order valence-electron chi connectivity index (χ4n) is 3.31. The van der Waals surface area contributed by atoms with Gasteiger partial charge in [-0.2, -0.15) is 0 Å². The second-order valence-electron chi connectivity index (χ2n) is 7.09. The van der Waals surface area contributed by atoms with E-state index in [1.54, 1.807) is 4.90 Å². The molecule has 1 aliphatic rings. The van der Waals surface area contributed by atoms with Crippen molar-refractivity contribution < 1.29 is 14.3 Å². The number of hydrogen-bond acceptors (Lipinski definition) is 5. The lowest BCUT2D eigenvalue weighted by Crippen LogP contribution is -2.45. The van der Waals surface area contributed by atoms with Crippen LogP contribution in [0.1, 0.15) is 48.3 Å². The van der Waals surface area contributed by atoms with Gasteiger partial charge in [-0.3, -0.25) is 9.59 Å². The zero-order valence-electron chi connectivity index (χ0n) is 16.6. The summed E-state index contributed by atoms with van der Waals surface area (Å²) in [5.74, 6) is 0.927. The second kappa shape index (κ2) is 8.97. The van der Waals surface area contributed by atoms with E-state index in [9.17, 15) is 9.59 Å². The van der Waals surface area contributed by atoms with Crippen molar-refractivity contribution in [1.82, 2.24) is 25.0 Å². The molecule has 150 valence electrons. The van der Waals surface area contributed by atoms with Crippen LogP contribution in [0.5, 0.6) is 0 Å². The third kappa shape index (κ3) is 4.06. The molecule has 3 rings (SSSR count). The molecule has 0 saturated carbocycles. The minimum atomic E-state index is -0.402. The Morgan fingerprint density at radius 1 is 1.25 bits per heavy atom. The first-order valence-electron chi connectivity index (χ1n) is 9.61. The Kier molecular flexibility index (Phi) is 6.41. The lowest BCUT2D eigenvalue weighted by Gasteiger charge is -2.36. The van der Waals surface area contributed by atoms with E-state index in [4.69, 9.17) is 4.74 Å². The zero-order valence-corrected chi connectivity index (χ0v) is 16.6. The number of aromatic nitrogens is 3. The van der Waals surface area contributed by atoms with Crippen LogP contribution in [0.25, 0.3) is 0 Å². The Hall–Kier alpha value is -2.74. The number of fused-ring (bicyclic) bond motifs is 1. The summed E-state index contributed by atoms with van der Waals surface area (Å²) in [6.07, 6.45) is 0.991. The Labute approximate surface area is 164 Å². The summed E-state index contributed by atoms with van der Waals surface area (Å²) < 4.78 is 6.86. The SMILES string of the molecule is CC[C@H](C)CNC(=O)c1nnc2n1CCN(C(=O)COC)[C@@H]2c1ccccc1. The second-order valence-corrected chi connectivity index (χ2v) is 7.09. The molecular weight excluding hydrogens is 358 g/mol. The van der Waals surface area contributed by atoms with Crippen molar-refractivity contribution in [3.05, 3.63) is 47.5 Å². The van der Waals surface area contributed by atoms with Crippen LogP contribution < -0.4 is 5.32 Å². The molecule has 2 aromatic rings. The van der Waals surface area contributed by atoms with Gasteiger partial charge in [-0.25, -0.2) is 0 Å².